The third kappa shape index (κ3) is 3.98. The molecule has 0 aliphatic rings. The first-order chi connectivity index (χ1) is 14.4. The number of halogens is 3. The monoisotopic (exact) mass is 412 g/mol. The molecule has 0 aliphatic heterocycles. The molecule has 1 N–H and O–H groups in total. The third-order valence-corrected chi connectivity index (χ3v) is 4.34. The fourth-order valence-electron chi connectivity index (χ4n) is 2.78. The fourth-order valence-corrected chi connectivity index (χ4v) is 2.78. The van der Waals surface area contributed by atoms with E-state index in [-0.39, 0.29) is 11.6 Å². The van der Waals surface area contributed by atoms with Crippen LogP contribution in [0.2, 0.25) is 0 Å². The van der Waals surface area contributed by atoms with Crippen molar-refractivity contribution in [3.63, 3.8) is 0 Å². The number of hydrogen-bond donors (Lipinski definition) is 1. The van der Waals surface area contributed by atoms with Crippen LogP contribution in [0.3, 0.4) is 0 Å². The van der Waals surface area contributed by atoms with Gasteiger partial charge in [0.15, 0.2) is 23.3 Å². The Morgan fingerprint density at radius 2 is 1.83 bits per heavy atom. The number of oxazole rings is 1. The summed E-state index contributed by atoms with van der Waals surface area (Å²) in [5, 5.41) is 2.63. The van der Waals surface area contributed by atoms with E-state index < -0.39 is 23.6 Å². The predicted molar refractivity (Wildman–Crippen MR) is 104 cm³/mol. The Morgan fingerprint density at radius 3 is 2.60 bits per heavy atom. The number of nitrogens with one attached hydrogen (secondary N) is 1. The van der Waals surface area contributed by atoms with Crippen LogP contribution in [-0.2, 0) is 4.79 Å². The molecule has 0 unspecified atom stereocenters. The Morgan fingerprint density at radius 1 is 1.07 bits per heavy atom. The van der Waals surface area contributed by atoms with E-state index in [1.54, 1.807) is 30.3 Å². The quantitative estimate of drug-likeness (QED) is 0.482. The van der Waals surface area contributed by atoms with Crippen molar-refractivity contribution in [2.24, 2.45) is 0 Å². The smallest absolute Gasteiger partial charge is 0.265 e. The lowest BCUT2D eigenvalue weighted by molar-refractivity contribution is -0.122. The molecular weight excluding hydrogens is 397 g/mol. The van der Waals surface area contributed by atoms with Crippen molar-refractivity contribution in [2.75, 3.05) is 5.32 Å². The van der Waals surface area contributed by atoms with Crippen molar-refractivity contribution < 1.29 is 27.1 Å². The van der Waals surface area contributed by atoms with E-state index in [4.69, 9.17) is 9.15 Å². The molecule has 1 aromatic heterocycles. The van der Waals surface area contributed by atoms with Crippen molar-refractivity contribution in [3.05, 3.63) is 78.1 Å². The largest absolute Gasteiger partial charge is 0.478 e. The number of hydrogen-bond acceptors (Lipinski definition) is 4. The molecule has 4 rings (SSSR count). The number of amides is 1. The van der Waals surface area contributed by atoms with Crippen LogP contribution in [0.15, 0.2) is 65.1 Å². The van der Waals surface area contributed by atoms with Gasteiger partial charge in [-0.1, -0.05) is 6.07 Å². The Hall–Kier alpha value is -3.81. The van der Waals surface area contributed by atoms with Crippen LogP contribution in [0.25, 0.3) is 22.6 Å². The molecule has 8 heteroatoms. The van der Waals surface area contributed by atoms with Gasteiger partial charge in [0.1, 0.15) is 11.3 Å². The zero-order valence-corrected chi connectivity index (χ0v) is 15.7. The van der Waals surface area contributed by atoms with Crippen LogP contribution in [0.1, 0.15) is 6.92 Å². The van der Waals surface area contributed by atoms with Gasteiger partial charge in [-0.3, -0.25) is 4.79 Å². The highest BCUT2D eigenvalue weighted by Crippen LogP contribution is 2.27. The number of rotatable bonds is 5. The number of fused-ring (bicyclic) bond motifs is 1. The normalized spacial score (nSPS) is 12.0. The van der Waals surface area contributed by atoms with Gasteiger partial charge in [0, 0.05) is 11.3 Å². The highest BCUT2D eigenvalue weighted by Gasteiger charge is 2.19. The number of carbonyl (C=O) groups excluding carboxylic acids is 1. The van der Waals surface area contributed by atoms with Crippen LogP contribution < -0.4 is 10.1 Å². The van der Waals surface area contributed by atoms with Crippen molar-refractivity contribution in [1.82, 2.24) is 4.98 Å². The van der Waals surface area contributed by atoms with E-state index in [9.17, 15) is 18.0 Å². The molecular formula is C22H15F3N2O3. The zero-order valence-electron chi connectivity index (χ0n) is 15.7. The molecule has 0 spiro atoms. The van der Waals surface area contributed by atoms with Crippen LogP contribution >= 0.6 is 0 Å². The van der Waals surface area contributed by atoms with Crippen molar-refractivity contribution in [2.45, 2.75) is 13.0 Å². The number of benzene rings is 3. The minimum atomic E-state index is -1.16. The Balaban J connectivity index is 1.49. The Bertz CT molecular complexity index is 1220. The van der Waals surface area contributed by atoms with Gasteiger partial charge in [-0.05, 0) is 61.5 Å². The molecule has 0 bridgehead atoms. The molecule has 0 fully saturated rings. The summed E-state index contributed by atoms with van der Waals surface area (Å²) in [5.41, 5.74) is 1.99. The highest BCUT2D eigenvalue weighted by molar-refractivity contribution is 5.95. The average Bonchev–Trinajstić information content (AvgIpc) is 3.15. The number of carbonyl (C=O) groups is 1. The summed E-state index contributed by atoms with van der Waals surface area (Å²) in [7, 11) is 0. The molecule has 1 amide bonds. The minimum Gasteiger partial charge on any atom is -0.478 e. The van der Waals surface area contributed by atoms with Crippen LogP contribution in [0.4, 0.5) is 18.9 Å². The molecule has 0 aliphatic carbocycles. The van der Waals surface area contributed by atoms with Gasteiger partial charge in [-0.2, -0.15) is 4.39 Å². The maximum atomic E-state index is 13.7. The molecule has 152 valence electrons. The minimum absolute atomic E-state index is 0.312. The highest BCUT2D eigenvalue weighted by atomic mass is 19.2. The second-order valence-electron chi connectivity index (χ2n) is 6.51. The van der Waals surface area contributed by atoms with E-state index >= 15 is 0 Å². The van der Waals surface area contributed by atoms with Gasteiger partial charge in [0.05, 0.1) is 0 Å². The van der Waals surface area contributed by atoms with Crippen molar-refractivity contribution in [3.8, 4) is 17.2 Å². The molecule has 5 nitrogen and oxygen atoms in total. The lowest BCUT2D eigenvalue weighted by atomic mass is 10.2. The molecule has 30 heavy (non-hydrogen) atoms. The summed E-state index contributed by atoms with van der Waals surface area (Å²) in [6, 6.07) is 14.0. The molecule has 0 radical (unpaired) electrons. The predicted octanol–water partition coefficient (Wildman–Crippen LogP) is 5.32. The topological polar surface area (TPSA) is 64.4 Å². The number of aromatic nitrogens is 1. The Kier molecular flexibility index (Phi) is 5.14. The average molecular weight is 412 g/mol. The van der Waals surface area contributed by atoms with E-state index in [0.717, 1.165) is 6.07 Å². The van der Waals surface area contributed by atoms with Gasteiger partial charge in [0.25, 0.3) is 5.91 Å². The molecule has 0 saturated carbocycles. The molecule has 1 heterocycles. The summed E-state index contributed by atoms with van der Waals surface area (Å²) in [4.78, 5) is 16.7. The summed E-state index contributed by atoms with van der Waals surface area (Å²) in [6.07, 6.45) is -1.08. The van der Waals surface area contributed by atoms with Crippen LogP contribution in [-0.4, -0.2) is 17.0 Å². The SMILES string of the molecule is C[C@H](Oc1cccc(F)c1F)C(=O)Nc1ccc2oc(-c3ccc(F)cc3)nc2c1. The van der Waals surface area contributed by atoms with E-state index in [1.165, 1.54) is 31.2 Å². The Labute approximate surface area is 169 Å². The second kappa shape index (κ2) is 7.90. The summed E-state index contributed by atoms with van der Waals surface area (Å²) in [5.74, 6) is -3.18. The molecule has 3 aromatic carbocycles. The molecule has 1 atom stereocenters. The molecule has 0 saturated heterocycles. The van der Waals surface area contributed by atoms with Gasteiger partial charge in [0.2, 0.25) is 11.7 Å². The first-order valence-corrected chi connectivity index (χ1v) is 8.99. The van der Waals surface area contributed by atoms with Crippen LogP contribution in [0.5, 0.6) is 5.75 Å². The maximum absolute atomic E-state index is 13.7. The molecule has 4 aromatic rings. The summed E-state index contributed by atoms with van der Waals surface area (Å²) >= 11 is 0. The lowest BCUT2D eigenvalue weighted by Gasteiger charge is -2.15. The second-order valence-corrected chi connectivity index (χ2v) is 6.51. The van der Waals surface area contributed by atoms with E-state index in [0.29, 0.717) is 28.2 Å². The zero-order chi connectivity index (χ0) is 21.3. The van der Waals surface area contributed by atoms with Gasteiger partial charge < -0.3 is 14.5 Å². The summed E-state index contributed by atoms with van der Waals surface area (Å²) in [6.45, 7) is 1.42. The lowest BCUT2D eigenvalue weighted by Crippen LogP contribution is -2.30. The summed E-state index contributed by atoms with van der Waals surface area (Å²) < 4.78 is 51.0. The maximum Gasteiger partial charge on any atom is 0.265 e. The van der Waals surface area contributed by atoms with Crippen LogP contribution in [0, 0.1) is 17.5 Å². The van der Waals surface area contributed by atoms with Gasteiger partial charge in [-0.25, -0.2) is 13.8 Å². The van der Waals surface area contributed by atoms with Gasteiger partial charge >= 0.3 is 0 Å². The van der Waals surface area contributed by atoms with Gasteiger partial charge in [-0.15, -0.1) is 0 Å². The first-order valence-electron chi connectivity index (χ1n) is 8.99. The first kappa shape index (κ1) is 19.5. The number of anilines is 1. The number of ether oxygens (including phenoxy) is 1. The van der Waals surface area contributed by atoms with E-state index in [2.05, 4.69) is 10.3 Å². The van der Waals surface area contributed by atoms with Crippen molar-refractivity contribution >= 4 is 22.7 Å². The number of nitrogens with zero attached hydrogens (tertiary/aromatic N) is 1. The standard InChI is InChI=1S/C22H15F3N2O3/c1-12(29-19-4-2-3-16(24)20(19)25)21(28)26-15-9-10-18-17(11-15)27-22(30-18)13-5-7-14(23)8-6-13/h2-12H,1H3,(H,26,28)/t12-/m0/s1. The fraction of sp³-hybridized carbons (Fsp3) is 0.0909. The van der Waals surface area contributed by atoms with Crippen molar-refractivity contribution in [1.29, 1.82) is 0 Å². The van der Waals surface area contributed by atoms with E-state index in [1.807, 2.05) is 0 Å². The third-order valence-electron chi connectivity index (χ3n) is 4.34.